The second-order valence-electron chi connectivity index (χ2n) is 6.49. The van der Waals surface area contributed by atoms with E-state index in [4.69, 9.17) is 15.2 Å². The van der Waals surface area contributed by atoms with E-state index in [2.05, 4.69) is 0 Å². The molecule has 0 aliphatic rings. The van der Waals surface area contributed by atoms with Crippen molar-refractivity contribution in [2.24, 2.45) is 5.73 Å². The van der Waals surface area contributed by atoms with Crippen molar-refractivity contribution in [2.75, 3.05) is 0 Å². The Morgan fingerprint density at radius 2 is 1.22 bits per heavy atom. The van der Waals surface area contributed by atoms with E-state index in [1.165, 1.54) is 0 Å². The summed E-state index contributed by atoms with van der Waals surface area (Å²) >= 11 is 0. The van der Waals surface area contributed by atoms with Crippen LogP contribution in [0.3, 0.4) is 0 Å². The van der Waals surface area contributed by atoms with Crippen molar-refractivity contribution < 1.29 is 14.3 Å². The van der Waals surface area contributed by atoms with E-state index in [1.807, 2.05) is 62.4 Å². The molecule has 138 valence electrons. The summed E-state index contributed by atoms with van der Waals surface area (Å²) in [6.07, 6.45) is 0. The highest BCUT2D eigenvalue weighted by Gasteiger charge is 2.09. The van der Waals surface area contributed by atoms with E-state index in [0.717, 1.165) is 22.3 Å². The fourth-order valence-corrected chi connectivity index (χ4v) is 2.75. The standard InChI is InChI=1S/C23H23NO3/c1-16-7-3-5-9-18(16)14-26-21-11-20(23(24)25)12-22(13-21)27-15-19-10-6-4-8-17(19)2/h3-13H,14-15H2,1-2H3,(H2,24,25). The van der Waals surface area contributed by atoms with Crippen molar-refractivity contribution >= 4 is 5.91 Å². The average Bonchev–Trinajstić information content (AvgIpc) is 2.66. The molecule has 0 radical (unpaired) electrons. The van der Waals surface area contributed by atoms with E-state index in [1.54, 1.807) is 18.2 Å². The Morgan fingerprint density at radius 3 is 1.63 bits per heavy atom. The third kappa shape index (κ3) is 4.88. The van der Waals surface area contributed by atoms with Gasteiger partial charge >= 0.3 is 0 Å². The lowest BCUT2D eigenvalue weighted by atomic mass is 10.1. The summed E-state index contributed by atoms with van der Waals surface area (Å²) in [4.78, 5) is 11.7. The summed E-state index contributed by atoms with van der Waals surface area (Å²) in [6, 6.07) is 21.1. The third-order valence-corrected chi connectivity index (χ3v) is 4.48. The van der Waals surface area contributed by atoms with Gasteiger partial charge in [-0.05, 0) is 48.2 Å². The monoisotopic (exact) mass is 361 g/mol. The molecule has 0 spiro atoms. The topological polar surface area (TPSA) is 61.6 Å². The summed E-state index contributed by atoms with van der Waals surface area (Å²) in [7, 11) is 0. The summed E-state index contributed by atoms with van der Waals surface area (Å²) in [5, 5.41) is 0. The van der Waals surface area contributed by atoms with Crippen LogP contribution in [0.2, 0.25) is 0 Å². The van der Waals surface area contributed by atoms with Gasteiger partial charge < -0.3 is 15.2 Å². The minimum absolute atomic E-state index is 0.358. The zero-order valence-corrected chi connectivity index (χ0v) is 15.6. The first-order valence-electron chi connectivity index (χ1n) is 8.82. The van der Waals surface area contributed by atoms with Crippen LogP contribution in [-0.2, 0) is 13.2 Å². The van der Waals surface area contributed by atoms with Gasteiger partial charge in [0.25, 0.3) is 0 Å². The highest BCUT2D eigenvalue weighted by Crippen LogP contribution is 2.25. The van der Waals surface area contributed by atoms with E-state index < -0.39 is 5.91 Å². The van der Waals surface area contributed by atoms with Crippen molar-refractivity contribution in [3.05, 3.63) is 94.5 Å². The van der Waals surface area contributed by atoms with Gasteiger partial charge in [0, 0.05) is 11.6 Å². The van der Waals surface area contributed by atoms with E-state index in [-0.39, 0.29) is 0 Å². The molecule has 1 amide bonds. The second kappa shape index (κ2) is 8.41. The van der Waals surface area contributed by atoms with Crippen molar-refractivity contribution in [1.82, 2.24) is 0 Å². The van der Waals surface area contributed by atoms with E-state index >= 15 is 0 Å². The van der Waals surface area contributed by atoms with Gasteiger partial charge in [-0.25, -0.2) is 0 Å². The Morgan fingerprint density at radius 1 is 0.778 bits per heavy atom. The van der Waals surface area contributed by atoms with Gasteiger partial charge in [0.2, 0.25) is 5.91 Å². The van der Waals surface area contributed by atoms with Crippen LogP contribution in [0.25, 0.3) is 0 Å². The fraction of sp³-hybridized carbons (Fsp3) is 0.174. The molecule has 0 saturated heterocycles. The molecule has 3 rings (SSSR count). The minimum atomic E-state index is -0.517. The number of aryl methyl sites for hydroxylation is 2. The molecule has 4 nitrogen and oxygen atoms in total. The SMILES string of the molecule is Cc1ccccc1COc1cc(OCc2ccccc2C)cc(C(N)=O)c1. The molecule has 0 fully saturated rings. The lowest BCUT2D eigenvalue weighted by molar-refractivity contribution is 0.0999. The highest BCUT2D eigenvalue weighted by molar-refractivity contribution is 5.93. The van der Waals surface area contributed by atoms with Gasteiger partial charge in [-0.1, -0.05) is 48.5 Å². The van der Waals surface area contributed by atoms with Crippen LogP contribution in [0.4, 0.5) is 0 Å². The number of hydrogen-bond acceptors (Lipinski definition) is 3. The third-order valence-electron chi connectivity index (χ3n) is 4.48. The van der Waals surface area contributed by atoms with Crippen molar-refractivity contribution in [2.45, 2.75) is 27.1 Å². The summed E-state index contributed by atoms with van der Waals surface area (Å²) in [5.41, 5.74) is 10.3. The Balaban J connectivity index is 1.77. The molecule has 0 heterocycles. The second-order valence-corrected chi connectivity index (χ2v) is 6.49. The van der Waals surface area contributed by atoms with Gasteiger partial charge in [0.05, 0.1) is 0 Å². The van der Waals surface area contributed by atoms with Gasteiger partial charge in [-0.15, -0.1) is 0 Å². The van der Waals surface area contributed by atoms with Gasteiger partial charge in [0.15, 0.2) is 0 Å². The maximum atomic E-state index is 11.7. The normalized spacial score (nSPS) is 10.4. The number of carbonyl (C=O) groups is 1. The molecule has 0 aliphatic heterocycles. The predicted molar refractivity (Wildman–Crippen MR) is 106 cm³/mol. The Labute approximate surface area is 159 Å². The first-order valence-corrected chi connectivity index (χ1v) is 8.82. The molecule has 0 unspecified atom stereocenters. The van der Waals surface area contributed by atoms with Crippen molar-refractivity contribution in [1.29, 1.82) is 0 Å². The van der Waals surface area contributed by atoms with E-state index in [9.17, 15) is 4.79 Å². The number of rotatable bonds is 7. The zero-order valence-electron chi connectivity index (χ0n) is 15.6. The number of hydrogen-bond donors (Lipinski definition) is 1. The Hall–Kier alpha value is -3.27. The van der Waals surface area contributed by atoms with E-state index in [0.29, 0.717) is 30.3 Å². The van der Waals surface area contributed by atoms with Crippen LogP contribution >= 0.6 is 0 Å². The molecule has 0 aromatic heterocycles. The molecule has 0 atom stereocenters. The fourth-order valence-electron chi connectivity index (χ4n) is 2.75. The molecule has 4 heteroatoms. The smallest absolute Gasteiger partial charge is 0.248 e. The lowest BCUT2D eigenvalue weighted by Gasteiger charge is -2.13. The van der Waals surface area contributed by atoms with Crippen LogP contribution < -0.4 is 15.2 Å². The average molecular weight is 361 g/mol. The van der Waals surface area contributed by atoms with Crippen molar-refractivity contribution in [3.63, 3.8) is 0 Å². The minimum Gasteiger partial charge on any atom is -0.489 e. The van der Waals surface area contributed by atoms with Crippen LogP contribution in [-0.4, -0.2) is 5.91 Å². The van der Waals surface area contributed by atoms with Gasteiger partial charge in [0.1, 0.15) is 24.7 Å². The quantitative estimate of drug-likeness (QED) is 0.671. The number of ether oxygens (including phenoxy) is 2. The molecule has 3 aromatic carbocycles. The lowest BCUT2D eigenvalue weighted by Crippen LogP contribution is -2.11. The zero-order chi connectivity index (χ0) is 19.2. The molecular formula is C23H23NO3. The Bertz CT molecular complexity index is 882. The largest absolute Gasteiger partial charge is 0.489 e. The number of amides is 1. The first-order chi connectivity index (χ1) is 13.0. The van der Waals surface area contributed by atoms with Crippen LogP contribution in [0.5, 0.6) is 11.5 Å². The molecular weight excluding hydrogens is 338 g/mol. The molecule has 0 aliphatic carbocycles. The highest BCUT2D eigenvalue weighted by atomic mass is 16.5. The van der Waals surface area contributed by atoms with Crippen LogP contribution in [0, 0.1) is 13.8 Å². The molecule has 3 aromatic rings. The maximum absolute atomic E-state index is 11.7. The summed E-state index contributed by atoms with van der Waals surface area (Å²) < 4.78 is 11.8. The molecule has 0 bridgehead atoms. The molecule has 0 saturated carbocycles. The number of nitrogens with two attached hydrogens (primary N) is 1. The first kappa shape index (κ1) is 18.5. The van der Waals surface area contributed by atoms with Crippen molar-refractivity contribution in [3.8, 4) is 11.5 Å². The Kier molecular flexibility index (Phi) is 5.77. The number of carbonyl (C=O) groups excluding carboxylic acids is 1. The summed E-state index contributed by atoms with van der Waals surface area (Å²) in [5.74, 6) is 0.584. The summed E-state index contributed by atoms with van der Waals surface area (Å²) in [6.45, 7) is 4.89. The van der Waals surface area contributed by atoms with Gasteiger partial charge in [-0.3, -0.25) is 4.79 Å². The maximum Gasteiger partial charge on any atom is 0.248 e. The number of primary amides is 1. The molecule has 2 N–H and O–H groups in total. The van der Waals surface area contributed by atoms with Gasteiger partial charge in [-0.2, -0.15) is 0 Å². The van der Waals surface area contributed by atoms with Crippen LogP contribution in [0.1, 0.15) is 32.6 Å². The number of benzene rings is 3. The molecule has 27 heavy (non-hydrogen) atoms. The predicted octanol–water partition coefficient (Wildman–Crippen LogP) is 4.56. The van der Waals surface area contributed by atoms with Crippen LogP contribution in [0.15, 0.2) is 66.7 Å².